The summed E-state index contributed by atoms with van der Waals surface area (Å²) < 4.78 is 0. The normalized spacial score (nSPS) is 14.8. The van der Waals surface area contributed by atoms with Crippen LogP contribution >= 0.6 is 60.5 Å². The van der Waals surface area contributed by atoms with E-state index in [2.05, 4.69) is 25.3 Å². The minimum Gasteiger partial charge on any atom is -0.396 e. The summed E-state index contributed by atoms with van der Waals surface area (Å²) in [5, 5.41) is 18.3. The molecule has 0 spiro atoms. The largest absolute Gasteiger partial charge is 0.396 e. The van der Waals surface area contributed by atoms with Crippen LogP contribution in [0.2, 0.25) is 0 Å². The van der Waals surface area contributed by atoms with E-state index < -0.39 is 0 Å². The van der Waals surface area contributed by atoms with Gasteiger partial charge in [0.1, 0.15) is 0 Å². The lowest BCUT2D eigenvalue weighted by molar-refractivity contribution is 0.322. The summed E-state index contributed by atoms with van der Waals surface area (Å²) in [6, 6.07) is 0. The third kappa shape index (κ3) is 12.4. The van der Waals surface area contributed by atoms with E-state index in [1.165, 1.54) is 0 Å². The summed E-state index contributed by atoms with van der Waals surface area (Å²) in [7, 11) is 0. The van der Waals surface area contributed by atoms with E-state index in [9.17, 15) is 0 Å². The summed E-state index contributed by atoms with van der Waals surface area (Å²) in [4.78, 5) is 0. The highest BCUT2D eigenvalue weighted by molar-refractivity contribution is 8.04. The van der Waals surface area contributed by atoms with Crippen LogP contribution in [0.4, 0.5) is 0 Å². The lowest BCUT2D eigenvalue weighted by Crippen LogP contribution is -2.15. The smallest absolute Gasteiger partial charge is 0.0521 e. The van der Waals surface area contributed by atoms with Crippen LogP contribution in [-0.4, -0.2) is 68.4 Å². The van der Waals surface area contributed by atoms with Crippen LogP contribution in [0.25, 0.3) is 0 Å². The third-order valence-corrected chi connectivity index (χ3v) is 7.19. The number of rotatable bonds is 12. The van der Waals surface area contributed by atoms with Crippen molar-refractivity contribution in [1.29, 1.82) is 0 Å². The summed E-state index contributed by atoms with van der Waals surface area (Å²) >= 11 is 14.3. The van der Waals surface area contributed by atoms with Gasteiger partial charge < -0.3 is 10.2 Å². The molecule has 0 aliphatic rings. The Morgan fingerprint density at radius 1 is 0.941 bits per heavy atom. The molecule has 0 radical (unpaired) electrons. The Hall–Kier alpha value is 1.67. The zero-order valence-corrected chi connectivity index (χ0v) is 14.1. The van der Waals surface area contributed by atoms with Gasteiger partial charge in [0.25, 0.3) is 0 Å². The first-order valence-corrected chi connectivity index (χ1v) is 10.0. The highest BCUT2D eigenvalue weighted by Gasteiger charge is 2.10. The standard InChI is InChI=1S/C10H22O2S5/c11-1-3-15-6-9(14)7-17-10(5-13)8-16-4-2-12/h9-14H,1-8H2. The maximum absolute atomic E-state index is 8.71. The molecule has 0 aromatic heterocycles. The quantitative estimate of drug-likeness (QED) is 0.323. The molecule has 0 amide bonds. The SMILES string of the molecule is OCCSCC(S)CSC(CS)CSCCO. The van der Waals surface area contributed by atoms with Crippen molar-refractivity contribution in [3.8, 4) is 0 Å². The van der Waals surface area contributed by atoms with Gasteiger partial charge in [-0.2, -0.15) is 60.5 Å². The Bertz CT molecular complexity index is 162. The fourth-order valence-corrected chi connectivity index (χ4v) is 5.11. The summed E-state index contributed by atoms with van der Waals surface area (Å²) in [5.41, 5.74) is 0. The van der Waals surface area contributed by atoms with Crippen LogP contribution in [0.3, 0.4) is 0 Å². The molecule has 0 aliphatic carbocycles. The van der Waals surface area contributed by atoms with Gasteiger partial charge in [-0.1, -0.05) is 0 Å². The zero-order chi connectivity index (χ0) is 12.9. The van der Waals surface area contributed by atoms with Crippen LogP contribution < -0.4 is 0 Å². The van der Waals surface area contributed by atoms with Crippen LogP contribution in [-0.2, 0) is 0 Å². The molecule has 0 aliphatic heterocycles. The molecule has 7 heteroatoms. The first kappa shape index (κ1) is 18.7. The lowest BCUT2D eigenvalue weighted by atomic mass is 10.5. The van der Waals surface area contributed by atoms with Gasteiger partial charge in [0.15, 0.2) is 0 Å². The average Bonchev–Trinajstić information content (AvgIpc) is 2.34. The molecule has 2 N–H and O–H groups in total. The van der Waals surface area contributed by atoms with Crippen LogP contribution in [0, 0.1) is 0 Å². The molecule has 104 valence electrons. The van der Waals surface area contributed by atoms with E-state index >= 15 is 0 Å². The molecule has 17 heavy (non-hydrogen) atoms. The monoisotopic (exact) mass is 334 g/mol. The summed E-state index contributed by atoms with van der Waals surface area (Å²) in [6.45, 7) is 0.497. The third-order valence-electron chi connectivity index (χ3n) is 1.81. The Balaban J connectivity index is 3.52. The predicted molar refractivity (Wildman–Crippen MR) is 91.7 cm³/mol. The van der Waals surface area contributed by atoms with Crippen molar-refractivity contribution in [2.45, 2.75) is 10.5 Å². The number of aliphatic hydroxyl groups is 2. The molecule has 2 unspecified atom stereocenters. The van der Waals surface area contributed by atoms with E-state index in [1.807, 2.05) is 11.8 Å². The molecule has 0 aromatic carbocycles. The Kier molecular flexibility index (Phi) is 15.5. The minimum atomic E-state index is 0.245. The van der Waals surface area contributed by atoms with Gasteiger partial charge in [0.2, 0.25) is 0 Å². The van der Waals surface area contributed by atoms with Crippen molar-refractivity contribution < 1.29 is 10.2 Å². The average molecular weight is 335 g/mol. The Morgan fingerprint density at radius 3 is 2.06 bits per heavy atom. The van der Waals surface area contributed by atoms with Crippen molar-refractivity contribution in [2.24, 2.45) is 0 Å². The van der Waals surface area contributed by atoms with E-state index in [0.29, 0.717) is 10.5 Å². The predicted octanol–water partition coefficient (Wildman–Crippen LogP) is 1.77. The molecular formula is C10H22O2S5. The number of thiol groups is 2. The molecule has 0 rings (SSSR count). The maximum atomic E-state index is 8.71. The molecule has 0 heterocycles. The van der Waals surface area contributed by atoms with Crippen molar-refractivity contribution in [2.75, 3.05) is 47.7 Å². The van der Waals surface area contributed by atoms with Gasteiger partial charge in [0.05, 0.1) is 13.2 Å². The second-order valence-electron chi connectivity index (χ2n) is 3.39. The highest BCUT2D eigenvalue weighted by atomic mass is 32.2. The molecule has 0 aromatic rings. The topological polar surface area (TPSA) is 40.5 Å². The van der Waals surface area contributed by atoms with Gasteiger partial charge in [-0.15, -0.1) is 0 Å². The Labute approximate surface area is 128 Å². The molecule has 0 saturated carbocycles. The molecule has 0 fully saturated rings. The maximum Gasteiger partial charge on any atom is 0.0521 e. The fraction of sp³-hybridized carbons (Fsp3) is 1.00. The lowest BCUT2D eigenvalue weighted by Gasteiger charge is -2.16. The van der Waals surface area contributed by atoms with Gasteiger partial charge in [0, 0.05) is 45.0 Å². The second kappa shape index (κ2) is 14.1. The fourth-order valence-electron chi connectivity index (χ4n) is 1.01. The van der Waals surface area contributed by atoms with E-state index in [0.717, 1.165) is 34.5 Å². The van der Waals surface area contributed by atoms with Gasteiger partial charge in [-0.25, -0.2) is 0 Å². The molecule has 0 saturated heterocycles. The van der Waals surface area contributed by atoms with Crippen LogP contribution in [0.1, 0.15) is 0 Å². The first-order valence-electron chi connectivity index (χ1n) is 5.52. The van der Waals surface area contributed by atoms with Crippen molar-refractivity contribution >= 4 is 60.5 Å². The van der Waals surface area contributed by atoms with Crippen molar-refractivity contribution in [3.05, 3.63) is 0 Å². The van der Waals surface area contributed by atoms with Crippen molar-refractivity contribution in [1.82, 2.24) is 0 Å². The molecule has 2 atom stereocenters. The van der Waals surface area contributed by atoms with Gasteiger partial charge in [-0.3, -0.25) is 0 Å². The number of hydrogen-bond donors (Lipinski definition) is 4. The van der Waals surface area contributed by atoms with Crippen molar-refractivity contribution in [3.63, 3.8) is 0 Å². The molecular weight excluding hydrogens is 312 g/mol. The van der Waals surface area contributed by atoms with E-state index in [4.69, 9.17) is 10.2 Å². The van der Waals surface area contributed by atoms with E-state index in [1.54, 1.807) is 23.5 Å². The number of thioether (sulfide) groups is 3. The first-order chi connectivity index (χ1) is 8.24. The summed E-state index contributed by atoms with van der Waals surface area (Å²) in [5.74, 6) is 5.52. The molecule has 2 nitrogen and oxygen atoms in total. The minimum absolute atomic E-state index is 0.245. The van der Waals surface area contributed by atoms with Crippen LogP contribution in [0.15, 0.2) is 0 Å². The summed E-state index contributed by atoms with van der Waals surface area (Å²) in [6.07, 6.45) is 0. The Morgan fingerprint density at radius 2 is 1.53 bits per heavy atom. The highest BCUT2D eigenvalue weighted by Crippen LogP contribution is 2.21. The molecule has 0 bridgehead atoms. The number of hydrogen-bond acceptors (Lipinski definition) is 7. The van der Waals surface area contributed by atoms with Gasteiger partial charge in [-0.05, 0) is 0 Å². The second-order valence-corrected chi connectivity index (χ2v) is 8.12. The number of aliphatic hydroxyl groups excluding tert-OH is 2. The van der Waals surface area contributed by atoms with E-state index in [-0.39, 0.29) is 13.2 Å². The van der Waals surface area contributed by atoms with Gasteiger partial charge >= 0.3 is 0 Å². The zero-order valence-electron chi connectivity index (χ0n) is 9.83. The van der Waals surface area contributed by atoms with Crippen LogP contribution in [0.5, 0.6) is 0 Å².